The van der Waals surface area contributed by atoms with Crippen molar-refractivity contribution >= 4 is 16.7 Å². The lowest BCUT2D eigenvalue weighted by atomic mass is 9.95. The third-order valence-electron chi connectivity index (χ3n) is 5.33. The van der Waals surface area contributed by atoms with Gasteiger partial charge >= 0.3 is 0 Å². The van der Waals surface area contributed by atoms with E-state index in [9.17, 15) is 13.2 Å². The number of hydrogen-bond acceptors (Lipinski definition) is 3. The fraction of sp³-hybridized carbons (Fsp3) is 0.381. The number of fused-ring (bicyclic) bond motifs is 1. The number of rotatable bonds is 5. The first-order chi connectivity index (χ1) is 13.6. The summed E-state index contributed by atoms with van der Waals surface area (Å²) in [6, 6.07) is 3.74. The lowest BCUT2D eigenvalue weighted by Gasteiger charge is -2.24. The molecular weight excluding hydrogens is 365 g/mol. The maximum absolute atomic E-state index is 14.7. The van der Waals surface area contributed by atoms with E-state index in [0.29, 0.717) is 28.8 Å². The number of benzene rings is 1. The summed E-state index contributed by atoms with van der Waals surface area (Å²) in [4.78, 5) is 7.40. The Balaban J connectivity index is 1.81. The maximum Gasteiger partial charge on any atom is 0.165 e. The lowest BCUT2D eigenvalue weighted by Crippen LogP contribution is -2.24. The van der Waals surface area contributed by atoms with Gasteiger partial charge in [0.1, 0.15) is 11.6 Å². The van der Waals surface area contributed by atoms with Crippen LogP contribution < -0.4 is 10.6 Å². The van der Waals surface area contributed by atoms with E-state index in [0.717, 1.165) is 31.7 Å². The topological polar surface area (TPSA) is 52.7 Å². The first-order valence-electron chi connectivity index (χ1n) is 9.64. The molecule has 1 saturated carbocycles. The van der Waals surface area contributed by atoms with E-state index in [1.807, 2.05) is 0 Å². The van der Waals surface area contributed by atoms with Crippen LogP contribution in [0.5, 0.6) is 0 Å². The molecule has 28 heavy (non-hydrogen) atoms. The van der Waals surface area contributed by atoms with E-state index in [1.54, 1.807) is 13.2 Å². The van der Waals surface area contributed by atoms with E-state index in [-0.39, 0.29) is 17.4 Å². The highest BCUT2D eigenvalue weighted by atomic mass is 19.1. The van der Waals surface area contributed by atoms with Gasteiger partial charge in [0.15, 0.2) is 11.6 Å². The molecule has 0 spiro atoms. The zero-order chi connectivity index (χ0) is 19.7. The standard InChI is InChI=1S/C21H23F3N4/c1-25-10-12-7-18(24)21(27-14-5-3-2-4-6-14)28-19(12)16-11-26-20-15(16)8-13(22)9-17(20)23/h7-9,11,14,25-26H,2-6,10H2,1H3,(H,27,28). The van der Waals surface area contributed by atoms with E-state index in [2.05, 4.69) is 20.6 Å². The van der Waals surface area contributed by atoms with Gasteiger partial charge in [-0.15, -0.1) is 0 Å². The molecule has 148 valence electrons. The van der Waals surface area contributed by atoms with Gasteiger partial charge in [-0.3, -0.25) is 0 Å². The minimum Gasteiger partial charge on any atom is -0.365 e. The smallest absolute Gasteiger partial charge is 0.165 e. The van der Waals surface area contributed by atoms with Crippen LogP contribution in [-0.4, -0.2) is 23.1 Å². The van der Waals surface area contributed by atoms with Gasteiger partial charge in [0.2, 0.25) is 0 Å². The zero-order valence-electron chi connectivity index (χ0n) is 15.7. The van der Waals surface area contributed by atoms with Crippen molar-refractivity contribution in [3.05, 3.63) is 47.4 Å². The van der Waals surface area contributed by atoms with E-state index >= 15 is 0 Å². The third-order valence-corrected chi connectivity index (χ3v) is 5.33. The molecule has 0 aliphatic heterocycles. The number of H-pyrrole nitrogens is 1. The summed E-state index contributed by atoms with van der Waals surface area (Å²) in [5.74, 6) is -1.56. The van der Waals surface area contributed by atoms with E-state index in [1.165, 1.54) is 18.6 Å². The highest BCUT2D eigenvalue weighted by Crippen LogP contribution is 2.34. The van der Waals surface area contributed by atoms with Crippen LogP contribution in [-0.2, 0) is 6.54 Å². The molecule has 2 aromatic heterocycles. The number of hydrogen-bond donors (Lipinski definition) is 3. The molecule has 1 aliphatic carbocycles. The second-order valence-corrected chi connectivity index (χ2v) is 7.35. The summed E-state index contributed by atoms with van der Waals surface area (Å²) in [7, 11) is 1.75. The Morgan fingerprint density at radius 2 is 1.86 bits per heavy atom. The van der Waals surface area contributed by atoms with Crippen molar-refractivity contribution in [2.75, 3.05) is 12.4 Å². The molecule has 0 atom stereocenters. The molecular formula is C21H23F3N4. The van der Waals surface area contributed by atoms with Gasteiger partial charge in [-0.05, 0) is 37.6 Å². The molecule has 0 unspecified atom stereocenters. The molecule has 4 nitrogen and oxygen atoms in total. The van der Waals surface area contributed by atoms with Crippen LogP contribution in [0.25, 0.3) is 22.2 Å². The van der Waals surface area contributed by atoms with Crippen LogP contribution >= 0.6 is 0 Å². The second kappa shape index (κ2) is 7.83. The molecule has 0 amide bonds. The molecule has 0 bridgehead atoms. The molecule has 7 heteroatoms. The summed E-state index contributed by atoms with van der Waals surface area (Å²) < 4.78 is 42.6. The van der Waals surface area contributed by atoms with Gasteiger partial charge in [0.25, 0.3) is 0 Å². The molecule has 0 radical (unpaired) electrons. The molecule has 4 rings (SSSR count). The second-order valence-electron chi connectivity index (χ2n) is 7.35. The Bertz CT molecular complexity index is 993. The van der Waals surface area contributed by atoms with Crippen LogP contribution in [0, 0.1) is 17.5 Å². The lowest BCUT2D eigenvalue weighted by molar-refractivity contribution is 0.459. The summed E-state index contributed by atoms with van der Waals surface area (Å²) in [5, 5.41) is 6.61. The van der Waals surface area contributed by atoms with Crippen molar-refractivity contribution in [2.45, 2.75) is 44.7 Å². The fourth-order valence-electron chi connectivity index (χ4n) is 3.98. The van der Waals surface area contributed by atoms with Crippen LogP contribution in [0.1, 0.15) is 37.7 Å². The van der Waals surface area contributed by atoms with Gasteiger partial charge in [-0.25, -0.2) is 18.2 Å². The number of nitrogens with zero attached hydrogens (tertiary/aromatic N) is 1. The maximum atomic E-state index is 14.7. The average molecular weight is 388 g/mol. The molecule has 3 N–H and O–H groups in total. The summed E-state index contributed by atoms with van der Waals surface area (Å²) >= 11 is 0. The quantitative estimate of drug-likeness (QED) is 0.569. The van der Waals surface area contributed by atoms with Gasteiger partial charge < -0.3 is 15.6 Å². The van der Waals surface area contributed by atoms with Crippen molar-refractivity contribution < 1.29 is 13.2 Å². The number of halogens is 3. The van der Waals surface area contributed by atoms with Crippen LogP contribution in [0.4, 0.5) is 19.0 Å². The normalized spacial score (nSPS) is 15.3. The van der Waals surface area contributed by atoms with Gasteiger partial charge in [-0.1, -0.05) is 19.3 Å². The average Bonchev–Trinajstić information content (AvgIpc) is 3.09. The van der Waals surface area contributed by atoms with Crippen LogP contribution in [0.3, 0.4) is 0 Å². The molecule has 3 aromatic rings. The van der Waals surface area contributed by atoms with E-state index in [4.69, 9.17) is 0 Å². The van der Waals surface area contributed by atoms with E-state index < -0.39 is 17.5 Å². The fourth-order valence-corrected chi connectivity index (χ4v) is 3.98. The van der Waals surface area contributed by atoms with Crippen LogP contribution in [0.2, 0.25) is 0 Å². The van der Waals surface area contributed by atoms with Crippen molar-refractivity contribution in [3.63, 3.8) is 0 Å². The number of pyridine rings is 1. The predicted molar refractivity (Wildman–Crippen MR) is 105 cm³/mol. The molecule has 0 saturated heterocycles. The largest absolute Gasteiger partial charge is 0.365 e. The number of anilines is 1. The highest BCUT2D eigenvalue weighted by molar-refractivity contribution is 5.95. The number of nitrogens with one attached hydrogen (secondary N) is 3. The van der Waals surface area contributed by atoms with Crippen molar-refractivity contribution in [1.82, 2.24) is 15.3 Å². The Hall–Kier alpha value is -2.54. The zero-order valence-corrected chi connectivity index (χ0v) is 15.7. The highest BCUT2D eigenvalue weighted by Gasteiger charge is 2.20. The summed E-state index contributed by atoms with van der Waals surface area (Å²) in [6.07, 6.45) is 7.00. The van der Waals surface area contributed by atoms with Crippen molar-refractivity contribution in [2.24, 2.45) is 0 Å². The van der Waals surface area contributed by atoms with Crippen LogP contribution in [0.15, 0.2) is 24.4 Å². The first-order valence-corrected chi connectivity index (χ1v) is 9.64. The molecule has 1 aliphatic rings. The Labute approximate surface area is 161 Å². The molecule has 1 fully saturated rings. The van der Waals surface area contributed by atoms with Crippen molar-refractivity contribution in [3.8, 4) is 11.3 Å². The molecule has 2 heterocycles. The van der Waals surface area contributed by atoms with Crippen molar-refractivity contribution in [1.29, 1.82) is 0 Å². The Morgan fingerprint density at radius 1 is 1.07 bits per heavy atom. The Kier molecular flexibility index (Phi) is 5.26. The Morgan fingerprint density at radius 3 is 2.61 bits per heavy atom. The summed E-state index contributed by atoms with van der Waals surface area (Å²) in [6.45, 7) is 0.382. The van der Waals surface area contributed by atoms with Gasteiger partial charge in [0, 0.05) is 35.8 Å². The molecule has 1 aromatic carbocycles. The first kappa shape index (κ1) is 18.8. The predicted octanol–water partition coefficient (Wildman–Crippen LogP) is 5.11. The minimum absolute atomic E-state index is 0.188. The monoisotopic (exact) mass is 388 g/mol. The summed E-state index contributed by atoms with van der Waals surface area (Å²) in [5.41, 5.74) is 1.88. The van der Waals surface area contributed by atoms with Gasteiger partial charge in [-0.2, -0.15) is 0 Å². The van der Waals surface area contributed by atoms with Gasteiger partial charge in [0.05, 0.1) is 11.2 Å². The third kappa shape index (κ3) is 3.58. The minimum atomic E-state index is -0.668. The number of aromatic nitrogens is 2. The SMILES string of the molecule is CNCc1cc(F)c(NC2CCCCC2)nc1-c1c[nH]c2c(F)cc(F)cc12. The number of aromatic amines is 1.